The summed E-state index contributed by atoms with van der Waals surface area (Å²) in [6.45, 7) is 4.45. The molecule has 2 atom stereocenters. The standard InChI is InChI=1S/C39H69NO7/c1-6-8-10-12-14-16-17-18-19-20-22-24-26-28-30-38(42)47-35(33-45-32-31-36(39(43)44)40(3,4)5)34-46-37(41)29-27-25-23-21-15-13-11-9-7-2/h9,11,15,19-21,35-36H,6-8,10,12-14,16-18,22-34H2,1-5H3/b11-9+,20-19+,21-15+. The number of carbonyl (C=O) groups excluding carboxylic acids is 3. The molecule has 272 valence electrons. The summed E-state index contributed by atoms with van der Waals surface area (Å²) >= 11 is 0. The molecule has 0 radical (unpaired) electrons. The Kier molecular flexibility index (Phi) is 29.2. The number of ether oxygens (including phenoxy) is 3. The number of hydrogen-bond donors (Lipinski definition) is 0. The lowest BCUT2D eigenvalue weighted by molar-refractivity contribution is -0.889. The third kappa shape index (κ3) is 29.4. The number of unbranched alkanes of at least 4 members (excludes halogenated alkanes) is 12. The molecule has 8 heteroatoms. The molecule has 0 rings (SSSR count). The molecule has 0 saturated carbocycles. The van der Waals surface area contributed by atoms with Gasteiger partial charge in [0.25, 0.3) is 0 Å². The minimum Gasteiger partial charge on any atom is -0.544 e. The maximum absolute atomic E-state index is 12.6. The number of rotatable bonds is 32. The first-order valence-corrected chi connectivity index (χ1v) is 18.5. The fourth-order valence-electron chi connectivity index (χ4n) is 5.10. The first-order chi connectivity index (χ1) is 22.6. The third-order valence-corrected chi connectivity index (χ3v) is 8.01. The van der Waals surface area contributed by atoms with E-state index >= 15 is 0 Å². The molecular formula is C39H69NO7. The molecule has 0 N–H and O–H groups in total. The number of nitrogens with zero attached hydrogens (tertiary/aromatic N) is 1. The zero-order valence-electron chi connectivity index (χ0n) is 30.7. The van der Waals surface area contributed by atoms with Crippen molar-refractivity contribution in [1.82, 2.24) is 0 Å². The van der Waals surface area contributed by atoms with Crippen molar-refractivity contribution in [3.05, 3.63) is 36.5 Å². The molecule has 0 fully saturated rings. The highest BCUT2D eigenvalue weighted by atomic mass is 16.6. The zero-order valence-corrected chi connectivity index (χ0v) is 30.7. The lowest BCUT2D eigenvalue weighted by atomic mass is 10.1. The second kappa shape index (κ2) is 30.9. The number of hydrogen-bond acceptors (Lipinski definition) is 7. The van der Waals surface area contributed by atoms with Crippen molar-refractivity contribution < 1.29 is 38.2 Å². The van der Waals surface area contributed by atoms with E-state index in [-0.39, 0.29) is 42.7 Å². The van der Waals surface area contributed by atoms with Crippen LogP contribution in [0.3, 0.4) is 0 Å². The fraction of sp³-hybridized carbons (Fsp3) is 0.769. The van der Waals surface area contributed by atoms with Crippen LogP contribution in [0.5, 0.6) is 0 Å². The van der Waals surface area contributed by atoms with Crippen LogP contribution in [-0.4, -0.2) is 75.5 Å². The van der Waals surface area contributed by atoms with E-state index in [2.05, 4.69) is 50.3 Å². The van der Waals surface area contributed by atoms with Crippen molar-refractivity contribution >= 4 is 17.9 Å². The Morgan fingerprint density at radius 2 is 1.19 bits per heavy atom. The lowest BCUT2D eigenvalue weighted by Gasteiger charge is -2.34. The van der Waals surface area contributed by atoms with Crippen LogP contribution in [0.4, 0.5) is 0 Å². The van der Waals surface area contributed by atoms with Gasteiger partial charge in [-0.3, -0.25) is 9.59 Å². The van der Waals surface area contributed by atoms with Gasteiger partial charge in [0.1, 0.15) is 12.6 Å². The van der Waals surface area contributed by atoms with Crippen LogP contribution in [0.1, 0.15) is 142 Å². The SMILES string of the molecule is CC/C=C/C/C=C/CCCCC(=O)OCC(COCCC(C(=O)[O-])[N+](C)(C)C)OC(=O)CCCCC/C=C/CCCCCCCCC. The molecule has 0 amide bonds. The molecule has 0 aromatic rings. The molecule has 8 nitrogen and oxygen atoms in total. The van der Waals surface area contributed by atoms with Crippen molar-refractivity contribution in [2.75, 3.05) is 41.0 Å². The van der Waals surface area contributed by atoms with Crippen molar-refractivity contribution in [2.45, 2.75) is 154 Å². The summed E-state index contributed by atoms with van der Waals surface area (Å²) in [5.74, 6) is -1.81. The van der Waals surface area contributed by atoms with Crippen molar-refractivity contribution in [2.24, 2.45) is 0 Å². The van der Waals surface area contributed by atoms with E-state index in [0.717, 1.165) is 64.2 Å². The number of likely N-dealkylation sites (N-methyl/N-ethyl adjacent to an activating group) is 1. The van der Waals surface area contributed by atoms with Gasteiger partial charge in [0.05, 0.1) is 40.3 Å². The molecule has 0 bridgehead atoms. The predicted octanol–water partition coefficient (Wildman–Crippen LogP) is 7.79. The van der Waals surface area contributed by atoms with E-state index < -0.39 is 18.1 Å². The molecule has 0 heterocycles. The minimum atomic E-state index is -1.13. The van der Waals surface area contributed by atoms with Gasteiger partial charge in [-0.1, -0.05) is 95.2 Å². The molecule has 0 aliphatic rings. The number of carbonyl (C=O) groups is 3. The van der Waals surface area contributed by atoms with Crippen LogP contribution < -0.4 is 5.11 Å². The van der Waals surface area contributed by atoms with E-state index in [1.165, 1.54) is 44.9 Å². The average molecular weight is 664 g/mol. The Hall–Kier alpha value is -2.45. The molecule has 47 heavy (non-hydrogen) atoms. The van der Waals surface area contributed by atoms with Crippen LogP contribution >= 0.6 is 0 Å². The number of carboxylic acids is 1. The molecular weight excluding hydrogens is 594 g/mol. The van der Waals surface area contributed by atoms with E-state index in [1.54, 1.807) is 21.1 Å². The van der Waals surface area contributed by atoms with Crippen LogP contribution in [0.2, 0.25) is 0 Å². The normalized spacial score (nSPS) is 13.5. The summed E-state index contributed by atoms with van der Waals surface area (Å²) in [7, 11) is 5.37. The monoisotopic (exact) mass is 664 g/mol. The molecule has 0 aliphatic carbocycles. The smallest absolute Gasteiger partial charge is 0.306 e. The number of aliphatic carboxylic acids is 1. The highest BCUT2D eigenvalue weighted by Gasteiger charge is 2.25. The number of carboxylic acid groups (broad SMARTS) is 1. The number of esters is 2. The van der Waals surface area contributed by atoms with Crippen LogP contribution in [0, 0.1) is 0 Å². The van der Waals surface area contributed by atoms with Gasteiger partial charge in [-0.2, -0.15) is 0 Å². The van der Waals surface area contributed by atoms with Crippen molar-refractivity contribution in [1.29, 1.82) is 0 Å². The summed E-state index contributed by atoms with van der Waals surface area (Å²) in [5, 5.41) is 11.5. The molecule has 0 aromatic carbocycles. The van der Waals surface area contributed by atoms with Gasteiger partial charge in [0, 0.05) is 19.3 Å². The van der Waals surface area contributed by atoms with E-state index in [1.807, 2.05) is 0 Å². The number of allylic oxidation sites excluding steroid dienone is 6. The maximum atomic E-state index is 12.6. The molecule has 0 aromatic heterocycles. The predicted molar refractivity (Wildman–Crippen MR) is 190 cm³/mol. The molecule has 0 aliphatic heterocycles. The second-order valence-corrected chi connectivity index (χ2v) is 13.4. The Balaban J connectivity index is 4.49. The fourth-order valence-corrected chi connectivity index (χ4v) is 5.10. The summed E-state index contributed by atoms with van der Waals surface area (Å²) in [6, 6.07) is -0.730. The topological polar surface area (TPSA) is 102 Å². The average Bonchev–Trinajstić information content (AvgIpc) is 3.01. The Morgan fingerprint density at radius 3 is 1.81 bits per heavy atom. The van der Waals surface area contributed by atoms with Crippen LogP contribution in [0.25, 0.3) is 0 Å². The zero-order chi connectivity index (χ0) is 35.0. The first kappa shape index (κ1) is 44.5. The van der Waals surface area contributed by atoms with E-state index in [9.17, 15) is 19.5 Å². The maximum Gasteiger partial charge on any atom is 0.306 e. The van der Waals surface area contributed by atoms with E-state index in [0.29, 0.717) is 12.8 Å². The van der Waals surface area contributed by atoms with Gasteiger partial charge in [-0.05, 0) is 64.2 Å². The highest BCUT2D eigenvalue weighted by molar-refractivity contribution is 5.70. The van der Waals surface area contributed by atoms with Crippen LogP contribution in [0.15, 0.2) is 36.5 Å². The Bertz CT molecular complexity index is 875. The van der Waals surface area contributed by atoms with Gasteiger partial charge in [0.15, 0.2) is 6.10 Å². The third-order valence-electron chi connectivity index (χ3n) is 8.01. The summed E-state index contributed by atoms with van der Waals surface area (Å²) in [6.07, 6.45) is 31.8. The van der Waals surface area contributed by atoms with E-state index in [4.69, 9.17) is 14.2 Å². The molecule has 0 saturated heterocycles. The summed E-state index contributed by atoms with van der Waals surface area (Å²) in [5.41, 5.74) is 0. The Morgan fingerprint density at radius 1 is 0.660 bits per heavy atom. The minimum absolute atomic E-state index is 0.0245. The van der Waals surface area contributed by atoms with Crippen molar-refractivity contribution in [3.63, 3.8) is 0 Å². The van der Waals surface area contributed by atoms with Crippen molar-refractivity contribution in [3.8, 4) is 0 Å². The molecule has 2 unspecified atom stereocenters. The first-order valence-electron chi connectivity index (χ1n) is 18.5. The van der Waals surface area contributed by atoms with Gasteiger partial charge in [-0.25, -0.2) is 0 Å². The van der Waals surface area contributed by atoms with Gasteiger partial charge in [-0.15, -0.1) is 0 Å². The van der Waals surface area contributed by atoms with Gasteiger partial charge >= 0.3 is 11.9 Å². The van der Waals surface area contributed by atoms with Gasteiger partial charge in [0.2, 0.25) is 0 Å². The summed E-state index contributed by atoms with van der Waals surface area (Å²) < 4.78 is 17.0. The van der Waals surface area contributed by atoms with Crippen LogP contribution in [-0.2, 0) is 28.6 Å². The Labute approximate surface area is 287 Å². The molecule has 0 spiro atoms. The quantitative estimate of drug-likeness (QED) is 0.0313. The number of quaternary nitrogens is 1. The second-order valence-electron chi connectivity index (χ2n) is 13.4. The van der Waals surface area contributed by atoms with Gasteiger partial charge < -0.3 is 28.6 Å². The largest absolute Gasteiger partial charge is 0.544 e. The highest BCUT2D eigenvalue weighted by Crippen LogP contribution is 2.12. The lowest BCUT2D eigenvalue weighted by Crippen LogP contribution is -2.55. The summed E-state index contributed by atoms with van der Waals surface area (Å²) in [4.78, 5) is 36.5.